The molecule has 0 unspecified atom stereocenters. The number of carbonyl (C=O) groups is 1. The summed E-state index contributed by atoms with van der Waals surface area (Å²) in [6, 6.07) is 1.76. The van der Waals surface area contributed by atoms with Crippen LogP contribution in [0, 0.1) is 0 Å². The first-order valence-electron chi connectivity index (χ1n) is 3.86. The van der Waals surface area contributed by atoms with E-state index in [0.717, 1.165) is 17.5 Å². The van der Waals surface area contributed by atoms with Crippen LogP contribution in [-0.4, -0.2) is 16.5 Å². The molecule has 1 saturated carbocycles. The second-order valence-corrected chi connectivity index (χ2v) is 3.66. The average molecular weight is 183 g/mol. The minimum Gasteiger partial charge on any atom is -0.360 e. The third-order valence-corrected chi connectivity index (χ3v) is 2.48. The quantitative estimate of drug-likeness (QED) is 0.703. The van der Waals surface area contributed by atoms with Crippen LogP contribution < -0.4 is 0 Å². The molecule has 1 aromatic heterocycles. The molecule has 1 aliphatic rings. The lowest BCUT2D eigenvalue weighted by atomic mass is 10.3. The standard InChI is InChI=1S/C8H9NO2S/c1-12-8(10)6-4-7(11-9-6)5-2-3-5/h4-5H,2-3H2,1H3. The first-order valence-corrected chi connectivity index (χ1v) is 5.08. The highest BCUT2D eigenvalue weighted by Crippen LogP contribution is 2.40. The Labute approximate surface area is 74.5 Å². The fraction of sp³-hybridized carbons (Fsp3) is 0.500. The third-order valence-electron chi connectivity index (χ3n) is 1.90. The van der Waals surface area contributed by atoms with Crippen molar-refractivity contribution in [2.75, 3.05) is 6.26 Å². The van der Waals surface area contributed by atoms with E-state index in [0.29, 0.717) is 11.6 Å². The highest BCUT2D eigenvalue weighted by Gasteiger charge is 2.28. The minimum atomic E-state index is -0.0225. The van der Waals surface area contributed by atoms with Crippen molar-refractivity contribution in [1.29, 1.82) is 0 Å². The second-order valence-electron chi connectivity index (χ2n) is 2.88. The van der Waals surface area contributed by atoms with Gasteiger partial charge in [0.2, 0.25) is 5.12 Å². The number of hydrogen-bond donors (Lipinski definition) is 0. The molecule has 1 aliphatic carbocycles. The molecular weight excluding hydrogens is 174 g/mol. The lowest BCUT2D eigenvalue weighted by Crippen LogP contribution is -1.90. The van der Waals surface area contributed by atoms with E-state index >= 15 is 0 Å². The Bertz CT molecular complexity index is 304. The number of rotatable bonds is 2. The summed E-state index contributed by atoms with van der Waals surface area (Å²) in [7, 11) is 0. The fourth-order valence-corrected chi connectivity index (χ4v) is 1.36. The van der Waals surface area contributed by atoms with Crippen molar-refractivity contribution < 1.29 is 9.32 Å². The molecule has 0 radical (unpaired) electrons. The molecule has 0 amide bonds. The van der Waals surface area contributed by atoms with E-state index in [9.17, 15) is 4.79 Å². The van der Waals surface area contributed by atoms with Crippen LogP contribution >= 0.6 is 11.8 Å². The monoisotopic (exact) mass is 183 g/mol. The summed E-state index contributed by atoms with van der Waals surface area (Å²) in [6.07, 6.45) is 4.08. The maximum absolute atomic E-state index is 11.1. The summed E-state index contributed by atoms with van der Waals surface area (Å²) in [5.41, 5.74) is 0.449. The summed E-state index contributed by atoms with van der Waals surface area (Å²) in [5.74, 6) is 1.40. The van der Waals surface area contributed by atoms with Crippen LogP contribution in [-0.2, 0) is 0 Å². The Balaban J connectivity index is 2.17. The van der Waals surface area contributed by atoms with Crippen molar-refractivity contribution >= 4 is 16.9 Å². The van der Waals surface area contributed by atoms with E-state index in [-0.39, 0.29) is 5.12 Å². The molecule has 0 atom stereocenters. The van der Waals surface area contributed by atoms with Gasteiger partial charge < -0.3 is 4.52 Å². The van der Waals surface area contributed by atoms with Crippen molar-refractivity contribution in [3.05, 3.63) is 17.5 Å². The van der Waals surface area contributed by atoms with Gasteiger partial charge >= 0.3 is 0 Å². The topological polar surface area (TPSA) is 43.1 Å². The minimum absolute atomic E-state index is 0.0225. The maximum atomic E-state index is 11.1. The van der Waals surface area contributed by atoms with Gasteiger partial charge in [0.15, 0.2) is 5.69 Å². The summed E-state index contributed by atoms with van der Waals surface area (Å²) in [4.78, 5) is 11.1. The molecular formula is C8H9NO2S. The van der Waals surface area contributed by atoms with Gasteiger partial charge in [-0.2, -0.15) is 0 Å². The first-order chi connectivity index (χ1) is 5.81. The zero-order valence-corrected chi connectivity index (χ0v) is 7.56. The summed E-state index contributed by atoms with van der Waals surface area (Å²) in [5, 5.41) is 3.68. The van der Waals surface area contributed by atoms with E-state index in [1.54, 1.807) is 12.3 Å². The van der Waals surface area contributed by atoms with Crippen LogP contribution in [0.3, 0.4) is 0 Å². The Morgan fingerprint density at radius 3 is 3.08 bits per heavy atom. The number of carbonyl (C=O) groups excluding carboxylic acids is 1. The van der Waals surface area contributed by atoms with E-state index in [4.69, 9.17) is 4.52 Å². The van der Waals surface area contributed by atoms with Gasteiger partial charge in [0, 0.05) is 12.0 Å². The number of nitrogens with zero attached hydrogens (tertiary/aromatic N) is 1. The van der Waals surface area contributed by atoms with Gasteiger partial charge in [-0.15, -0.1) is 0 Å². The van der Waals surface area contributed by atoms with E-state index in [1.807, 2.05) is 0 Å². The summed E-state index contributed by atoms with van der Waals surface area (Å²) >= 11 is 1.16. The molecule has 3 nitrogen and oxygen atoms in total. The molecule has 0 N–H and O–H groups in total. The smallest absolute Gasteiger partial charge is 0.241 e. The Morgan fingerprint density at radius 1 is 1.75 bits per heavy atom. The number of hydrogen-bond acceptors (Lipinski definition) is 4. The maximum Gasteiger partial charge on any atom is 0.241 e. The largest absolute Gasteiger partial charge is 0.360 e. The molecule has 0 spiro atoms. The molecule has 12 heavy (non-hydrogen) atoms. The van der Waals surface area contributed by atoms with E-state index < -0.39 is 0 Å². The van der Waals surface area contributed by atoms with Crippen molar-refractivity contribution in [2.45, 2.75) is 18.8 Å². The molecule has 0 bridgehead atoms. The van der Waals surface area contributed by atoms with Crippen LogP contribution in [0.25, 0.3) is 0 Å². The molecule has 64 valence electrons. The predicted octanol–water partition coefficient (Wildman–Crippen LogP) is 2.06. The lowest BCUT2D eigenvalue weighted by Gasteiger charge is -1.84. The SMILES string of the molecule is CSC(=O)c1cc(C2CC2)on1. The van der Waals surface area contributed by atoms with Gasteiger partial charge in [0.05, 0.1) is 0 Å². The van der Waals surface area contributed by atoms with Crippen LogP contribution in [0.5, 0.6) is 0 Å². The Kier molecular flexibility index (Phi) is 1.92. The number of aromatic nitrogens is 1. The van der Waals surface area contributed by atoms with Crippen LogP contribution in [0.2, 0.25) is 0 Å². The van der Waals surface area contributed by atoms with Crippen molar-refractivity contribution in [1.82, 2.24) is 5.16 Å². The molecule has 0 aromatic carbocycles. The van der Waals surface area contributed by atoms with E-state index in [2.05, 4.69) is 5.16 Å². The highest BCUT2D eigenvalue weighted by atomic mass is 32.2. The van der Waals surface area contributed by atoms with Gasteiger partial charge in [-0.3, -0.25) is 4.79 Å². The lowest BCUT2D eigenvalue weighted by molar-refractivity contribution is 0.108. The van der Waals surface area contributed by atoms with Gasteiger partial charge in [0.1, 0.15) is 5.76 Å². The van der Waals surface area contributed by atoms with Crippen LogP contribution in [0.4, 0.5) is 0 Å². The van der Waals surface area contributed by atoms with Gasteiger partial charge in [0.25, 0.3) is 0 Å². The summed E-state index contributed by atoms with van der Waals surface area (Å²) < 4.78 is 5.03. The van der Waals surface area contributed by atoms with Gasteiger partial charge in [-0.1, -0.05) is 16.9 Å². The van der Waals surface area contributed by atoms with Crippen molar-refractivity contribution in [3.8, 4) is 0 Å². The van der Waals surface area contributed by atoms with Crippen molar-refractivity contribution in [3.63, 3.8) is 0 Å². The predicted molar refractivity (Wildman–Crippen MR) is 46.3 cm³/mol. The molecule has 1 aromatic rings. The normalized spacial score (nSPS) is 16.4. The fourth-order valence-electron chi connectivity index (χ4n) is 1.05. The molecule has 0 aliphatic heterocycles. The average Bonchev–Trinajstić information content (AvgIpc) is 2.83. The van der Waals surface area contributed by atoms with Crippen LogP contribution in [0.1, 0.15) is 35.0 Å². The van der Waals surface area contributed by atoms with E-state index in [1.165, 1.54) is 12.8 Å². The third kappa shape index (κ3) is 1.39. The van der Waals surface area contributed by atoms with Gasteiger partial charge in [-0.05, 0) is 19.1 Å². The first kappa shape index (κ1) is 7.86. The molecule has 0 saturated heterocycles. The zero-order chi connectivity index (χ0) is 8.55. The zero-order valence-electron chi connectivity index (χ0n) is 6.74. The van der Waals surface area contributed by atoms with Crippen LogP contribution in [0.15, 0.2) is 10.6 Å². The molecule has 1 fully saturated rings. The Hall–Kier alpha value is -0.770. The second kappa shape index (κ2) is 2.94. The summed E-state index contributed by atoms with van der Waals surface area (Å²) in [6.45, 7) is 0. The number of thioether (sulfide) groups is 1. The van der Waals surface area contributed by atoms with Crippen molar-refractivity contribution in [2.24, 2.45) is 0 Å². The molecule has 2 rings (SSSR count). The Morgan fingerprint density at radius 2 is 2.50 bits per heavy atom. The highest BCUT2D eigenvalue weighted by molar-refractivity contribution is 8.13. The molecule has 4 heteroatoms. The van der Waals surface area contributed by atoms with Gasteiger partial charge in [-0.25, -0.2) is 0 Å². The molecule has 1 heterocycles.